The molecule has 4 fully saturated rings. The summed E-state index contributed by atoms with van der Waals surface area (Å²) in [6.45, 7) is 0. The first-order chi connectivity index (χ1) is 10.5. The van der Waals surface area contributed by atoms with E-state index in [0.717, 1.165) is 24.0 Å². The van der Waals surface area contributed by atoms with Crippen LogP contribution in [-0.2, 0) is 5.41 Å². The molecule has 4 aliphatic rings. The van der Waals surface area contributed by atoms with Crippen molar-refractivity contribution in [3.05, 3.63) is 45.6 Å². The fourth-order valence-corrected chi connectivity index (χ4v) is 5.62. The fourth-order valence-electron chi connectivity index (χ4n) is 5.62. The van der Waals surface area contributed by atoms with Crippen LogP contribution in [0.15, 0.2) is 24.4 Å². The van der Waals surface area contributed by atoms with Crippen LogP contribution >= 0.6 is 0 Å². The third-order valence-corrected chi connectivity index (χ3v) is 6.05. The second kappa shape index (κ2) is 4.83. The standard InChI is InChI=1S/C18H21NO3/c20-17-2-1-16(8-15(17)3-4-19(21)22)18-9-12-5-13(10-18)7-14(6-12)11-18/h1-4,8,12-14,20H,5-7,9-11H2/b4-3+. The van der Waals surface area contributed by atoms with Gasteiger partial charge in [-0.25, -0.2) is 0 Å². The van der Waals surface area contributed by atoms with Crippen molar-refractivity contribution in [3.63, 3.8) is 0 Å². The number of phenolic OH excluding ortho intramolecular Hbond substituents is 1. The number of hydrogen-bond acceptors (Lipinski definition) is 3. The zero-order valence-corrected chi connectivity index (χ0v) is 12.6. The summed E-state index contributed by atoms with van der Waals surface area (Å²) in [6.07, 6.45) is 10.2. The quantitative estimate of drug-likeness (QED) is 0.675. The molecule has 4 heteroatoms. The number of phenols is 1. The van der Waals surface area contributed by atoms with Crippen molar-refractivity contribution in [1.82, 2.24) is 0 Å². The highest BCUT2D eigenvalue weighted by atomic mass is 16.6. The van der Waals surface area contributed by atoms with Crippen molar-refractivity contribution in [1.29, 1.82) is 0 Å². The van der Waals surface area contributed by atoms with Crippen LogP contribution in [0.25, 0.3) is 6.08 Å². The van der Waals surface area contributed by atoms with E-state index in [1.165, 1.54) is 50.2 Å². The van der Waals surface area contributed by atoms with Gasteiger partial charge in [0, 0.05) is 11.6 Å². The molecule has 4 bridgehead atoms. The molecule has 0 atom stereocenters. The highest BCUT2D eigenvalue weighted by molar-refractivity contribution is 5.58. The molecule has 5 rings (SSSR count). The van der Waals surface area contributed by atoms with Gasteiger partial charge in [-0.15, -0.1) is 0 Å². The van der Waals surface area contributed by atoms with E-state index in [1.807, 2.05) is 12.1 Å². The molecule has 0 saturated heterocycles. The first-order valence-electron chi connectivity index (χ1n) is 8.19. The maximum atomic E-state index is 10.5. The summed E-state index contributed by atoms with van der Waals surface area (Å²) in [5.74, 6) is 2.69. The van der Waals surface area contributed by atoms with Crippen molar-refractivity contribution >= 4 is 6.08 Å². The van der Waals surface area contributed by atoms with Gasteiger partial charge in [0.25, 0.3) is 0 Å². The molecule has 0 spiro atoms. The molecule has 4 saturated carbocycles. The lowest BCUT2D eigenvalue weighted by Gasteiger charge is -2.57. The van der Waals surface area contributed by atoms with E-state index in [-0.39, 0.29) is 11.2 Å². The van der Waals surface area contributed by atoms with Crippen LogP contribution in [0.2, 0.25) is 0 Å². The molecule has 116 valence electrons. The van der Waals surface area contributed by atoms with Crippen molar-refractivity contribution in [2.45, 2.75) is 43.9 Å². The van der Waals surface area contributed by atoms with Crippen molar-refractivity contribution in [3.8, 4) is 5.75 Å². The Balaban J connectivity index is 1.70. The Bertz CT molecular complexity index is 614. The van der Waals surface area contributed by atoms with E-state index < -0.39 is 4.92 Å². The molecule has 0 aliphatic heterocycles. The Morgan fingerprint density at radius 3 is 2.27 bits per heavy atom. The Kier molecular flexibility index (Phi) is 3.03. The second-order valence-corrected chi connectivity index (χ2v) is 7.57. The summed E-state index contributed by atoms with van der Waals surface area (Å²) in [6, 6.07) is 5.71. The van der Waals surface area contributed by atoms with Crippen molar-refractivity contribution in [2.24, 2.45) is 17.8 Å². The number of aromatic hydroxyl groups is 1. The van der Waals surface area contributed by atoms with E-state index in [4.69, 9.17) is 0 Å². The third-order valence-electron chi connectivity index (χ3n) is 6.05. The summed E-state index contributed by atoms with van der Waals surface area (Å²) in [7, 11) is 0. The predicted molar refractivity (Wildman–Crippen MR) is 84.0 cm³/mol. The molecule has 1 aromatic rings. The van der Waals surface area contributed by atoms with Crippen molar-refractivity contribution < 1.29 is 10.0 Å². The number of hydrogen-bond donors (Lipinski definition) is 1. The van der Waals surface area contributed by atoms with Gasteiger partial charge in [-0.05, 0) is 79.4 Å². The summed E-state index contributed by atoms with van der Waals surface area (Å²) < 4.78 is 0. The largest absolute Gasteiger partial charge is 0.507 e. The van der Waals surface area contributed by atoms with E-state index in [1.54, 1.807) is 6.07 Å². The van der Waals surface area contributed by atoms with E-state index in [9.17, 15) is 15.2 Å². The third kappa shape index (κ3) is 2.21. The number of benzene rings is 1. The summed E-state index contributed by atoms with van der Waals surface area (Å²) in [5, 5.41) is 20.5. The molecule has 22 heavy (non-hydrogen) atoms. The van der Waals surface area contributed by atoms with Gasteiger partial charge < -0.3 is 5.11 Å². The molecule has 0 radical (unpaired) electrons. The summed E-state index contributed by atoms with van der Waals surface area (Å²) in [4.78, 5) is 10.0. The molecule has 0 heterocycles. The van der Waals surface area contributed by atoms with Crippen LogP contribution in [0.4, 0.5) is 0 Å². The monoisotopic (exact) mass is 299 g/mol. The maximum Gasteiger partial charge on any atom is 0.235 e. The minimum atomic E-state index is -0.489. The van der Waals surface area contributed by atoms with Crippen LogP contribution in [0.5, 0.6) is 5.75 Å². The minimum Gasteiger partial charge on any atom is -0.507 e. The molecule has 1 N–H and O–H groups in total. The zero-order chi connectivity index (χ0) is 15.3. The lowest BCUT2D eigenvalue weighted by molar-refractivity contribution is -0.400. The average molecular weight is 299 g/mol. The predicted octanol–water partition coefficient (Wildman–Crippen LogP) is 4.11. The lowest BCUT2D eigenvalue weighted by Crippen LogP contribution is -2.48. The Labute approximate surface area is 130 Å². The number of rotatable bonds is 3. The molecule has 0 unspecified atom stereocenters. The highest BCUT2D eigenvalue weighted by Gasteiger charge is 2.51. The first-order valence-corrected chi connectivity index (χ1v) is 8.19. The molecular weight excluding hydrogens is 278 g/mol. The topological polar surface area (TPSA) is 63.4 Å². The van der Waals surface area contributed by atoms with E-state index >= 15 is 0 Å². The Morgan fingerprint density at radius 2 is 1.73 bits per heavy atom. The van der Waals surface area contributed by atoms with Gasteiger partial charge in [-0.1, -0.05) is 6.07 Å². The molecule has 0 aromatic heterocycles. The molecule has 4 aliphatic carbocycles. The Hall–Kier alpha value is -1.84. The zero-order valence-electron chi connectivity index (χ0n) is 12.6. The lowest BCUT2D eigenvalue weighted by atomic mass is 9.48. The van der Waals surface area contributed by atoms with Crippen LogP contribution in [0.3, 0.4) is 0 Å². The Morgan fingerprint density at radius 1 is 1.14 bits per heavy atom. The van der Waals surface area contributed by atoms with Crippen LogP contribution in [0, 0.1) is 27.9 Å². The number of nitro groups is 1. The molecule has 4 nitrogen and oxygen atoms in total. The normalized spacial score (nSPS) is 36.1. The maximum absolute atomic E-state index is 10.5. The van der Waals surface area contributed by atoms with E-state index in [2.05, 4.69) is 0 Å². The first kappa shape index (κ1) is 13.8. The van der Waals surface area contributed by atoms with E-state index in [0.29, 0.717) is 5.56 Å². The van der Waals surface area contributed by atoms with Gasteiger partial charge in [-0.2, -0.15) is 0 Å². The van der Waals surface area contributed by atoms with Crippen LogP contribution in [-0.4, -0.2) is 10.0 Å². The molecule has 1 aromatic carbocycles. The summed E-state index contributed by atoms with van der Waals surface area (Å²) in [5.41, 5.74) is 2.08. The van der Waals surface area contributed by atoms with Gasteiger partial charge in [0.1, 0.15) is 5.75 Å². The van der Waals surface area contributed by atoms with Crippen LogP contribution < -0.4 is 0 Å². The SMILES string of the molecule is O=[N+]([O-])/C=C/c1cc(C23CC4CC(CC(C4)C2)C3)ccc1O. The molecule has 0 amide bonds. The van der Waals surface area contributed by atoms with Gasteiger partial charge in [0.2, 0.25) is 6.20 Å². The second-order valence-electron chi connectivity index (χ2n) is 7.57. The molecular formula is C18H21NO3. The summed E-state index contributed by atoms with van der Waals surface area (Å²) >= 11 is 0. The van der Waals surface area contributed by atoms with Gasteiger partial charge in [-0.3, -0.25) is 10.1 Å². The average Bonchev–Trinajstić information content (AvgIpc) is 2.44. The fraction of sp³-hybridized carbons (Fsp3) is 0.556. The smallest absolute Gasteiger partial charge is 0.235 e. The van der Waals surface area contributed by atoms with Gasteiger partial charge in [0.15, 0.2) is 0 Å². The van der Waals surface area contributed by atoms with Crippen LogP contribution in [0.1, 0.15) is 49.7 Å². The number of nitrogens with zero attached hydrogens (tertiary/aromatic N) is 1. The van der Waals surface area contributed by atoms with Gasteiger partial charge in [0.05, 0.1) is 4.92 Å². The van der Waals surface area contributed by atoms with Gasteiger partial charge >= 0.3 is 0 Å². The van der Waals surface area contributed by atoms with Crippen molar-refractivity contribution in [2.75, 3.05) is 0 Å². The minimum absolute atomic E-state index is 0.117. The highest BCUT2D eigenvalue weighted by Crippen LogP contribution is 2.60.